The maximum atomic E-state index is 13.1. The third-order valence-electron chi connectivity index (χ3n) is 2.63. The smallest absolute Gasteiger partial charge is 0.419 e. The minimum absolute atomic E-state index is 0.120. The number of cyclic esters (lactones) is 1. The zero-order chi connectivity index (χ0) is 13.3. The molecule has 7 heteroatoms. The summed E-state index contributed by atoms with van der Waals surface area (Å²) >= 11 is 0. The number of hydrogen-bond acceptors (Lipinski definition) is 2. The van der Waals surface area contributed by atoms with Crippen LogP contribution in [0.5, 0.6) is 0 Å². The first kappa shape index (κ1) is 12.7. The Balaban J connectivity index is 2.32. The Morgan fingerprint density at radius 1 is 1.33 bits per heavy atom. The minimum atomic E-state index is -4.75. The SMILES string of the molecule is O=C1N[C@H](c2ccc(F)c(C(F)(F)F)c2)CCO1. The summed E-state index contributed by atoms with van der Waals surface area (Å²) in [7, 11) is 0. The van der Waals surface area contributed by atoms with E-state index in [0.29, 0.717) is 12.5 Å². The Kier molecular flexibility index (Phi) is 3.14. The maximum Gasteiger partial charge on any atom is 0.419 e. The van der Waals surface area contributed by atoms with Gasteiger partial charge >= 0.3 is 12.3 Å². The lowest BCUT2D eigenvalue weighted by Gasteiger charge is -2.24. The average molecular weight is 263 g/mol. The van der Waals surface area contributed by atoms with Crippen molar-refractivity contribution in [1.29, 1.82) is 0 Å². The van der Waals surface area contributed by atoms with Crippen LogP contribution >= 0.6 is 0 Å². The number of alkyl halides is 3. The molecule has 1 aromatic carbocycles. The molecule has 1 atom stereocenters. The van der Waals surface area contributed by atoms with E-state index >= 15 is 0 Å². The number of ether oxygens (including phenoxy) is 1. The fraction of sp³-hybridized carbons (Fsp3) is 0.364. The van der Waals surface area contributed by atoms with Gasteiger partial charge in [0.2, 0.25) is 0 Å². The van der Waals surface area contributed by atoms with E-state index in [1.807, 2.05) is 0 Å². The normalized spacial score (nSPS) is 20.2. The molecule has 0 aromatic heterocycles. The molecule has 0 saturated carbocycles. The molecule has 0 spiro atoms. The number of halogens is 4. The van der Waals surface area contributed by atoms with Crippen LogP contribution in [0, 0.1) is 5.82 Å². The number of nitrogens with one attached hydrogen (secondary N) is 1. The summed E-state index contributed by atoms with van der Waals surface area (Å²) in [4.78, 5) is 11.0. The van der Waals surface area contributed by atoms with Gasteiger partial charge in [0.1, 0.15) is 5.82 Å². The van der Waals surface area contributed by atoms with E-state index in [4.69, 9.17) is 0 Å². The van der Waals surface area contributed by atoms with Crippen molar-refractivity contribution >= 4 is 6.09 Å². The molecule has 0 unspecified atom stereocenters. The molecule has 1 saturated heterocycles. The summed E-state index contributed by atoms with van der Waals surface area (Å²) in [5.41, 5.74) is -1.12. The molecule has 0 aliphatic carbocycles. The molecule has 0 radical (unpaired) electrons. The van der Waals surface area contributed by atoms with Gasteiger partial charge in [-0.1, -0.05) is 6.07 Å². The lowest BCUT2D eigenvalue weighted by Crippen LogP contribution is -2.35. The van der Waals surface area contributed by atoms with E-state index < -0.39 is 29.7 Å². The lowest BCUT2D eigenvalue weighted by molar-refractivity contribution is -0.140. The first-order chi connectivity index (χ1) is 8.38. The van der Waals surface area contributed by atoms with Crippen molar-refractivity contribution in [2.45, 2.75) is 18.6 Å². The van der Waals surface area contributed by atoms with Crippen LogP contribution in [0.15, 0.2) is 18.2 Å². The van der Waals surface area contributed by atoms with Crippen LogP contribution in [0.4, 0.5) is 22.4 Å². The van der Waals surface area contributed by atoms with E-state index in [9.17, 15) is 22.4 Å². The van der Waals surface area contributed by atoms with Crippen molar-refractivity contribution in [3.05, 3.63) is 35.1 Å². The van der Waals surface area contributed by atoms with Gasteiger partial charge in [-0.25, -0.2) is 9.18 Å². The Morgan fingerprint density at radius 2 is 2.06 bits per heavy atom. The molecule has 1 aliphatic rings. The standard InChI is InChI=1S/C11H9F4NO2/c12-8-2-1-6(5-7(8)11(13,14)15)9-3-4-18-10(17)16-9/h1-2,5,9H,3-4H2,(H,16,17)/t9-/m0/s1. The summed E-state index contributed by atoms with van der Waals surface area (Å²) in [5, 5.41) is 2.38. The minimum Gasteiger partial charge on any atom is -0.449 e. The summed E-state index contributed by atoms with van der Waals surface area (Å²) in [6.45, 7) is 0.120. The number of benzene rings is 1. The molecule has 1 aromatic rings. The number of carbonyl (C=O) groups is 1. The van der Waals surface area contributed by atoms with Crippen LogP contribution in [0.3, 0.4) is 0 Å². The predicted molar refractivity (Wildman–Crippen MR) is 53.2 cm³/mol. The first-order valence-corrected chi connectivity index (χ1v) is 5.18. The molecule has 1 amide bonds. The molecule has 1 aliphatic heterocycles. The Morgan fingerprint density at radius 3 is 2.67 bits per heavy atom. The number of alkyl carbamates (subject to hydrolysis) is 1. The predicted octanol–water partition coefficient (Wildman–Crippen LogP) is 3.02. The van der Waals surface area contributed by atoms with Gasteiger partial charge in [0.05, 0.1) is 18.2 Å². The van der Waals surface area contributed by atoms with Crippen molar-refractivity contribution in [2.24, 2.45) is 0 Å². The van der Waals surface area contributed by atoms with Gasteiger partial charge in [-0.3, -0.25) is 0 Å². The highest BCUT2D eigenvalue weighted by atomic mass is 19.4. The van der Waals surface area contributed by atoms with Crippen LogP contribution < -0.4 is 5.32 Å². The van der Waals surface area contributed by atoms with Crippen LogP contribution in [-0.2, 0) is 10.9 Å². The number of hydrogen-bond donors (Lipinski definition) is 1. The Labute approximate surface area is 99.7 Å². The second kappa shape index (κ2) is 4.47. The van der Waals surface area contributed by atoms with Crippen LogP contribution in [-0.4, -0.2) is 12.7 Å². The zero-order valence-electron chi connectivity index (χ0n) is 9.05. The van der Waals surface area contributed by atoms with E-state index in [0.717, 1.165) is 6.07 Å². The third-order valence-corrected chi connectivity index (χ3v) is 2.63. The quantitative estimate of drug-likeness (QED) is 0.791. The maximum absolute atomic E-state index is 13.1. The van der Waals surface area contributed by atoms with Crippen LogP contribution in [0.25, 0.3) is 0 Å². The van der Waals surface area contributed by atoms with Gasteiger partial charge in [-0.2, -0.15) is 13.2 Å². The molecule has 1 fully saturated rings. The molecular weight excluding hydrogens is 254 g/mol. The third kappa shape index (κ3) is 2.55. The topological polar surface area (TPSA) is 38.3 Å². The van der Waals surface area contributed by atoms with Gasteiger partial charge in [-0.05, 0) is 17.7 Å². The summed E-state index contributed by atoms with van der Waals surface area (Å²) in [6, 6.07) is 2.10. The van der Waals surface area contributed by atoms with E-state index in [-0.39, 0.29) is 12.2 Å². The number of amides is 1. The molecule has 18 heavy (non-hydrogen) atoms. The lowest BCUT2D eigenvalue weighted by atomic mass is 10.0. The number of rotatable bonds is 1. The fourth-order valence-electron chi connectivity index (χ4n) is 1.75. The van der Waals surface area contributed by atoms with Gasteiger partial charge < -0.3 is 10.1 Å². The van der Waals surface area contributed by atoms with Crippen molar-refractivity contribution < 1.29 is 27.1 Å². The highest BCUT2D eigenvalue weighted by Gasteiger charge is 2.35. The summed E-state index contributed by atoms with van der Waals surface area (Å²) in [6.07, 6.45) is -5.10. The fourth-order valence-corrected chi connectivity index (χ4v) is 1.75. The zero-order valence-corrected chi connectivity index (χ0v) is 9.05. The van der Waals surface area contributed by atoms with E-state index in [1.54, 1.807) is 0 Å². The second-order valence-electron chi connectivity index (χ2n) is 3.86. The average Bonchev–Trinajstić information content (AvgIpc) is 2.28. The van der Waals surface area contributed by atoms with Gasteiger partial charge in [0.15, 0.2) is 0 Å². The summed E-state index contributed by atoms with van der Waals surface area (Å²) in [5.74, 6) is -1.33. The molecule has 3 nitrogen and oxygen atoms in total. The molecule has 1 N–H and O–H groups in total. The molecular formula is C11H9F4NO2. The van der Waals surface area contributed by atoms with E-state index in [2.05, 4.69) is 10.1 Å². The first-order valence-electron chi connectivity index (χ1n) is 5.18. The molecule has 1 heterocycles. The van der Waals surface area contributed by atoms with E-state index in [1.165, 1.54) is 6.07 Å². The second-order valence-corrected chi connectivity index (χ2v) is 3.86. The molecule has 0 bridgehead atoms. The largest absolute Gasteiger partial charge is 0.449 e. The van der Waals surface area contributed by atoms with Crippen molar-refractivity contribution in [1.82, 2.24) is 5.32 Å². The van der Waals surface area contributed by atoms with Crippen molar-refractivity contribution in [2.75, 3.05) is 6.61 Å². The Hall–Kier alpha value is -1.79. The van der Waals surface area contributed by atoms with Crippen molar-refractivity contribution in [3.8, 4) is 0 Å². The van der Waals surface area contributed by atoms with Crippen LogP contribution in [0.1, 0.15) is 23.6 Å². The highest BCUT2D eigenvalue weighted by molar-refractivity contribution is 5.68. The highest BCUT2D eigenvalue weighted by Crippen LogP contribution is 2.33. The van der Waals surface area contributed by atoms with Crippen molar-refractivity contribution in [3.63, 3.8) is 0 Å². The van der Waals surface area contributed by atoms with Gasteiger partial charge in [0.25, 0.3) is 0 Å². The summed E-state index contributed by atoms with van der Waals surface area (Å²) < 4.78 is 55.2. The van der Waals surface area contributed by atoms with Gasteiger partial charge in [0, 0.05) is 6.42 Å². The van der Waals surface area contributed by atoms with Gasteiger partial charge in [-0.15, -0.1) is 0 Å². The Bertz CT molecular complexity index is 473. The molecule has 98 valence electrons. The number of carbonyl (C=O) groups excluding carboxylic acids is 1. The van der Waals surface area contributed by atoms with Crippen LogP contribution in [0.2, 0.25) is 0 Å². The molecule has 2 rings (SSSR count). The monoisotopic (exact) mass is 263 g/mol.